The van der Waals surface area contributed by atoms with Crippen LogP contribution < -0.4 is 4.74 Å². The molecule has 0 spiro atoms. The van der Waals surface area contributed by atoms with Crippen molar-refractivity contribution in [3.63, 3.8) is 0 Å². The number of ether oxygens (including phenoxy) is 2. The van der Waals surface area contributed by atoms with Gasteiger partial charge in [0.25, 0.3) is 5.69 Å². The lowest BCUT2D eigenvalue weighted by Crippen LogP contribution is -2.18. The predicted octanol–water partition coefficient (Wildman–Crippen LogP) is 3.20. The van der Waals surface area contributed by atoms with Crippen molar-refractivity contribution in [3.8, 4) is 5.75 Å². The molecule has 19 heavy (non-hydrogen) atoms. The fraction of sp³-hybridized carbons (Fsp3) is 0.143. The average Bonchev–Trinajstić information content (AvgIpc) is 2.46. The summed E-state index contributed by atoms with van der Waals surface area (Å²) < 4.78 is 11.2. The molecule has 2 aromatic rings. The number of para-hydroxylation sites is 2. The highest BCUT2D eigenvalue weighted by atomic mass is 16.7. The van der Waals surface area contributed by atoms with Gasteiger partial charge in [0.2, 0.25) is 6.29 Å². The maximum Gasteiger partial charge on any atom is 0.278 e. The Bertz CT molecular complexity index is 626. The van der Waals surface area contributed by atoms with Gasteiger partial charge in [-0.05, 0) is 12.1 Å². The molecule has 0 amide bonds. The van der Waals surface area contributed by atoms with Crippen LogP contribution in [0.4, 0.5) is 5.69 Å². The standard InChI is InChI=1S/C14H11NO4/c16-15(17)12-7-3-2-6-11(12)14-18-9-10-5-1-4-8-13(10)19-14/h1-8,14H,9H2. The molecule has 0 bridgehead atoms. The van der Waals surface area contributed by atoms with Crippen LogP contribution >= 0.6 is 0 Å². The number of hydrogen-bond acceptors (Lipinski definition) is 4. The van der Waals surface area contributed by atoms with Gasteiger partial charge in [-0.2, -0.15) is 0 Å². The van der Waals surface area contributed by atoms with E-state index in [9.17, 15) is 10.1 Å². The van der Waals surface area contributed by atoms with Crippen LogP contribution in [0, 0.1) is 10.1 Å². The van der Waals surface area contributed by atoms with Crippen molar-refractivity contribution < 1.29 is 14.4 Å². The van der Waals surface area contributed by atoms with Crippen LogP contribution in [-0.4, -0.2) is 4.92 Å². The highest BCUT2D eigenvalue weighted by molar-refractivity contribution is 5.42. The lowest BCUT2D eigenvalue weighted by molar-refractivity contribution is -0.387. The zero-order chi connectivity index (χ0) is 13.2. The van der Waals surface area contributed by atoms with Crippen molar-refractivity contribution in [1.29, 1.82) is 0 Å². The second-order valence-corrected chi connectivity index (χ2v) is 4.18. The first-order chi connectivity index (χ1) is 9.25. The Morgan fingerprint density at radius 1 is 1.11 bits per heavy atom. The second-order valence-electron chi connectivity index (χ2n) is 4.18. The summed E-state index contributed by atoms with van der Waals surface area (Å²) in [5.74, 6) is 0.705. The minimum atomic E-state index is -0.739. The van der Waals surface area contributed by atoms with E-state index in [1.807, 2.05) is 24.3 Å². The van der Waals surface area contributed by atoms with E-state index in [1.165, 1.54) is 6.07 Å². The SMILES string of the molecule is O=[N+]([O-])c1ccccc1C1OCc2ccccc2O1. The topological polar surface area (TPSA) is 61.6 Å². The molecule has 3 rings (SSSR count). The van der Waals surface area contributed by atoms with Gasteiger partial charge in [-0.1, -0.05) is 30.3 Å². The van der Waals surface area contributed by atoms with Crippen molar-refractivity contribution in [3.05, 3.63) is 69.8 Å². The lowest BCUT2D eigenvalue weighted by Gasteiger charge is -2.26. The fourth-order valence-corrected chi connectivity index (χ4v) is 2.06. The van der Waals surface area contributed by atoms with Gasteiger partial charge < -0.3 is 9.47 Å². The Morgan fingerprint density at radius 3 is 2.68 bits per heavy atom. The molecule has 1 aliphatic rings. The van der Waals surface area contributed by atoms with Crippen LogP contribution in [0.1, 0.15) is 17.4 Å². The molecule has 1 aliphatic heterocycles. The summed E-state index contributed by atoms with van der Waals surface area (Å²) in [6.45, 7) is 0.382. The van der Waals surface area contributed by atoms with Gasteiger partial charge >= 0.3 is 0 Å². The van der Waals surface area contributed by atoms with Crippen LogP contribution in [0.3, 0.4) is 0 Å². The molecule has 0 aromatic heterocycles. The van der Waals surface area contributed by atoms with Crippen LogP contribution in [0.5, 0.6) is 5.75 Å². The third-order valence-electron chi connectivity index (χ3n) is 2.98. The first-order valence-corrected chi connectivity index (χ1v) is 5.85. The Kier molecular flexibility index (Phi) is 2.89. The number of nitrogens with zero attached hydrogens (tertiary/aromatic N) is 1. The monoisotopic (exact) mass is 257 g/mol. The van der Waals surface area contributed by atoms with Crippen LogP contribution in [0.2, 0.25) is 0 Å². The summed E-state index contributed by atoms with van der Waals surface area (Å²) in [6, 6.07) is 14.0. The number of nitro groups is 1. The lowest BCUT2D eigenvalue weighted by atomic mass is 10.1. The molecule has 5 nitrogen and oxygen atoms in total. The van der Waals surface area contributed by atoms with Crippen molar-refractivity contribution in [2.45, 2.75) is 12.9 Å². The van der Waals surface area contributed by atoms with Gasteiger partial charge in [0.15, 0.2) is 0 Å². The highest BCUT2D eigenvalue weighted by Gasteiger charge is 2.27. The van der Waals surface area contributed by atoms with E-state index >= 15 is 0 Å². The van der Waals surface area contributed by atoms with Gasteiger partial charge in [0.1, 0.15) is 5.75 Å². The third-order valence-corrected chi connectivity index (χ3v) is 2.98. The Labute approximate surface area is 109 Å². The highest BCUT2D eigenvalue weighted by Crippen LogP contribution is 2.35. The van der Waals surface area contributed by atoms with Gasteiger partial charge in [0, 0.05) is 11.6 Å². The zero-order valence-electron chi connectivity index (χ0n) is 9.98. The molecule has 1 unspecified atom stereocenters. The van der Waals surface area contributed by atoms with E-state index in [0.29, 0.717) is 17.9 Å². The van der Waals surface area contributed by atoms with E-state index in [-0.39, 0.29) is 5.69 Å². The summed E-state index contributed by atoms with van der Waals surface area (Å²) in [7, 11) is 0. The Balaban J connectivity index is 1.95. The van der Waals surface area contributed by atoms with Crippen LogP contribution in [0.25, 0.3) is 0 Å². The molecular weight excluding hydrogens is 246 g/mol. The predicted molar refractivity (Wildman–Crippen MR) is 67.7 cm³/mol. The average molecular weight is 257 g/mol. The molecule has 0 N–H and O–H groups in total. The summed E-state index contributed by atoms with van der Waals surface area (Å²) in [4.78, 5) is 10.6. The number of rotatable bonds is 2. The third kappa shape index (κ3) is 2.15. The molecule has 96 valence electrons. The van der Waals surface area contributed by atoms with E-state index < -0.39 is 11.2 Å². The Morgan fingerprint density at radius 2 is 1.84 bits per heavy atom. The molecule has 5 heteroatoms. The minimum absolute atomic E-state index is 0.00637. The molecule has 1 atom stereocenters. The molecular formula is C14H11NO4. The summed E-state index contributed by atoms with van der Waals surface area (Å²) in [5, 5.41) is 11.0. The van der Waals surface area contributed by atoms with E-state index in [4.69, 9.17) is 9.47 Å². The smallest absolute Gasteiger partial charge is 0.278 e. The van der Waals surface area contributed by atoms with Crippen molar-refractivity contribution >= 4 is 5.69 Å². The molecule has 2 aromatic carbocycles. The summed E-state index contributed by atoms with van der Waals surface area (Å²) in [5.41, 5.74) is 1.38. The normalized spacial score (nSPS) is 17.4. The van der Waals surface area contributed by atoms with Gasteiger partial charge in [-0.3, -0.25) is 10.1 Å². The van der Waals surface area contributed by atoms with Crippen LogP contribution in [-0.2, 0) is 11.3 Å². The number of benzene rings is 2. The van der Waals surface area contributed by atoms with E-state index in [2.05, 4.69) is 0 Å². The fourth-order valence-electron chi connectivity index (χ4n) is 2.06. The molecule has 0 aliphatic carbocycles. The van der Waals surface area contributed by atoms with Crippen molar-refractivity contribution in [1.82, 2.24) is 0 Å². The molecule has 0 saturated carbocycles. The maximum atomic E-state index is 11.0. The van der Waals surface area contributed by atoms with Crippen LogP contribution in [0.15, 0.2) is 48.5 Å². The molecule has 0 radical (unpaired) electrons. The van der Waals surface area contributed by atoms with E-state index in [0.717, 1.165) is 5.56 Å². The Hall–Kier alpha value is -2.40. The van der Waals surface area contributed by atoms with Gasteiger partial charge in [0.05, 0.1) is 17.1 Å². The van der Waals surface area contributed by atoms with Crippen molar-refractivity contribution in [2.24, 2.45) is 0 Å². The first kappa shape index (κ1) is 11.7. The molecule has 0 saturated heterocycles. The molecule has 1 heterocycles. The number of hydrogen-bond donors (Lipinski definition) is 0. The van der Waals surface area contributed by atoms with Gasteiger partial charge in [-0.25, -0.2) is 0 Å². The van der Waals surface area contributed by atoms with Gasteiger partial charge in [-0.15, -0.1) is 0 Å². The first-order valence-electron chi connectivity index (χ1n) is 5.85. The summed E-state index contributed by atoms with van der Waals surface area (Å²) in [6.07, 6.45) is -0.739. The number of nitro benzene ring substituents is 1. The number of fused-ring (bicyclic) bond motifs is 1. The van der Waals surface area contributed by atoms with E-state index in [1.54, 1.807) is 18.2 Å². The molecule has 0 fully saturated rings. The van der Waals surface area contributed by atoms with Crippen molar-refractivity contribution in [2.75, 3.05) is 0 Å². The second kappa shape index (κ2) is 4.70. The quantitative estimate of drug-likeness (QED) is 0.612. The zero-order valence-corrected chi connectivity index (χ0v) is 9.98. The minimum Gasteiger partial charge on any atom is -0.460 e. The summed E-state index contributed by atoms with van der Waals surface area (Å²) >= 11 is 0. The largest absolute Gasteiger partial charge is 0.460 e. The maximum absolute atomic E-state index is 11.0.